The average Bonchev–Trinajstić information content (AvgIpc) is 3.09. The second-order valence-electron chi connectivity index (χ2n) is 6.50. The van der Waals surface area contributed by atoms with Crippen LogP contribution in [0.5, 0.6) is 11.5 Å². The summed E-state index contributed by atoms with van der Waals surface area (Å²) >= 11 is 0. The molecular weight excluding hydrogens is 360 g/mol. The Morgan fingerprint density at radius 2 is 1.86 bits per heavy atom. The average molecular weight is 378 g/mol. The molecule has 0 bridgehead atoms. The Balaban J connectivity index is 1.59. The highest BCUT2D eigenvalue weighted by Crippen LogP contribution is 2.38. The number of ether oxygens (including phenoxy) is 1. The van der Waals surface area contributed by atoms with E-state index in [1.807, 2.05) is 53.5 Å². The fraction of sp³-hybridized carbons (Fsp3) is 0.150. The monoisotopic (exact) mass is 378 g/mol. The molecule has 1 amide bonds. The first kappa shape index (κ1) is 17.6. The van der Waals surface area contributed by atoms with E-state index in [0.29, 0.717) is 6.42 Å². The highest BCUT2D eigenvalue weighted by molar-refractivity contribution is 5.97. The maximum Gasteiger partial charge on any atom is 0.326 e. The lowest BCUT2D eigenvalue weighted by atomic mass is 10.1. The molecule has 2 aromatic carbocycles. The number of aromatic amines is 2. The van der Waals surface area contributed by atoms with Gasteiger partial charge in [-0.1, -0.05) is 30.3 Å². The molecule has 1 atom stereocenters. The molecule has 1 aliphatic carbocycles. The lowest BCUT2D eigenvalue weighted by Gasteiger charge is -2.15. The molecule has 142 valence electrons. The van der Waals surface area contributed by atoms with Gasteiger partial charge in [0.05, 0.1) is 6.04 Å². The number of H-pyrrole nitrogens is 2. The number of nitrogens with two attached hydrogens (primary N) is 1. The third-order valence-corrected chi connectivity index (χ3v) is 4.71. The summed E-state index contributed by atoms with van der Waals surface area (Å²) in [4.78, 5) is 39.9. The molecule has 3 aromatic rings. The van der Waals surface area contributed by atoms with Crippen LogP contribution in [0.1, 0.15) is 34.1 Å². The van der Waals surface area contributed by atoms with Gasteiger partial charge in [-0.25, -0.2) is 4.79 Å². The first-order valence-corrected chi connectivity index (χ1v) is 8.80. The standard InChI is InChI=1S/C20H18N4O4/c21-16-17(23-20(27)24-18(16)25)19(26)22-14-10-9-13-12(14)7-4-8-15(13)28-11-5-2-1-3-6-11/h1-8,14H,9-10,21H2,(H,22,26)(H2,23,24,25,27)/t14-/m1/s1. The predicted octanol–water partition coefficient (Wildman–Crippen LogP) is 1.85. The number of anilines is 1. The van der Waals surface area contributed by atoms with Crippen LogP contribution in [0.15, 0.2) is 58.1 Å². The lowest BCUT2D eigenvalue weighted by molar-refractivity contribution is 0.0932. The van der Waals surface area contributed by atoms with E-state index in [0.717, 1.165) is 29.0 Å². The first-order valence-electron chi connectivity index (χ1n) is 8.80. The van der Waals surface area contributed by atoms with Crippen LogP contribution in [0.2, 0.25) is 0 Å². The van der Waals surface area contributed by atoms with Crippen molar-refractivity contribution in [2.24, 2.45) is 0 Å². The normalized spacial score (nSPS) is 15.1. The number of aromatic nitrogens is 2. The number of rotatable bonds is 4. The van der Waals surface area contributed by atoms with Crippen LogP contribution in [0, 0.1) is 0 Å². The van der Waals surface area contributed by atoms with E-state index in [4.69, 9.17) is 10.5 Å². The van der Waals surface area contributed by atoms with E-state index in [1.54, 1.807) is 0 Å². The third-order valence-electron chi connectivity index (χ3n) is 4.71. The molecule has 0 spiro atoms. The van der Waals surface area contributed by atoms with Gasteiger partial charge in [-0.3, -0.25) is 14.6 Å². The van der Waals surface area contributed by atoms with Gasteiger partial charge >= 0.3 is 5.69 Å². The topological polar surface area (TPSA) is 130 Å². The van der Waals surface area contributed by atoms with Crippen LogP contribution in [0.3, 0.4) is 0 Å². The van der Waals surface area contributed by atoms with Crippen molar-refractivity contribution >= 4 is 11.6 Å². The summed E-state index contributed by atoms with van der Waals surface area (Å²) in [7, 11) is 0. The summed E-state index contributed by atoms with van der Waals surface area (Å²) in [6.45, 7) is 0. The number of amides is 1. The number of nitrogens with one attached hydrogen (secondary N) is 3. The molecule has 0 radical (unpaired) electrons. The van der Waals surface area contributed by atoms with E-state index in [1.165, 1.54) is 0 Å². The van der Waals surface area contributed by atoms with Gasteiger partial charge in [0.25, 0.3) is 11.5 Å². The first-order chi connectivity index (χ1) is 13.5. The Kier molecular flexibility index (Phi) is 4.44. The Labute approximate surface area is 159 Å². The zero-order valence-electron chi connectivity index (χ0n) is 14.8. The van der Waals surface area contributed by atoms with Crippen LogP contribution < -0.4 is 27.0 Å². The molecule has 28 heavy (non-hydrogen) atoms. The Hall–Kier alpha value is -3.81. The molecule has 4 rings (SSSR count). The fourth-order valence-electron chi connectivity index (χ4n) is 3.39. The van der Waals surface area contributed by atoms with Gasteiger partial charge < -0.3 is 20.8 Å². The molecule has 8 heteroatoms. The minimum atomic E-state index is -0.792. The number of carbonyl (C=O) groups excluding carboxylic acids is 1. The summed E-state index contributed by atoms with van der Waals surface area (Å²) in [6.07, 6.45) is 1.40. The summed E-state index contributed by atoms with van der Waals surface area (Å²) in [5, 5.41) is 2.84. The summed E-state index contributed by atoms with van der Waals surface area (Å²) in [6, 6.07) is 14.9. The zero-order valence-corrected chi connectivity index (χ0v) is 14.8. The van der Waals surface area contributed by atoms with Crippen molar-refractivity contribution < 1.29 is 9.53 Å². The second kappa shape index (κ2) is 7.07. The number of nitrogen functional groups attached to an aromatic ring is 1. The number of fused-ring (bicyclic) bond motifs is 1. The molecule has 0 saturated heterocycles. The molecule has 1 heterocycles. The highest BCUT2D eigenvalue weighted by atomic mass is 16.5. The van der Waals surface area contributed by atoms with Crippen molar-refractivity contribution in [1.29, 1.82) is 0 Å². The molecule has 0 fully saturated rings. The molecule has 5 N–H and O–H groups in total. The van der Waals surface area contributed by atoms with Gasteiger partial charge in [-0.2, -0.15) is 0 Å². The molecule has 0 saturated carbocycles. The molecule has 0 unspecified atom stereocenters. The third kappa shape index (κ3) is 3.27. The quantitative estimate of drug-likeness (QED) is 0.550. The smallest absolute Gasteiger partial charge is 0.326 e. The highest BCUT2D eigenvalue weighted by Gasteiger charge is 2.28. The minimum Gasteiger partial charge on any atom is -0.457 e. The van der Waals surface area contributed by atoms with Crippen molar-refractivity contribution in [2.75, 3.05) is 5.73 Å². The number of benzene rings is 2. The van der Waals surface area contributed by atoms with E-state index in [2.05, 4.69) is 10.3 Å². The van der Waals surface area contributed by atoms with E-state index in [9.17, 15) is 14.4 Å². The zero-order chi connectivity index (χ0) is 19.7. The van der Waals surface area contributed by atoms with Crippen LogP contribution in [0.25, 0.3) is 0 Å². The second-order valence-corrected chi connectivity index (χ2v) is 6.50. The summed E-state index contributed by atoms with van der Waals surface area (Å²) in [5.74, 6) is 0.870. The maximum atomic E-state index is 12.6. The molecule has 0 aliphatic heterocycles. The fourth-order valence-corrected chi connectivity index (χ4v) is 3.39. The van der Waals surface area contributed by atoms with Gasteiger partial charge in [0.15, 0.2) is 0 Å². The summed E-state index contributed by atoms with van der Waals surface area (Å²) < 4.78 is 5.98. The van der Waals surface area contributed by atoms with Crippen molar-refractivity contribution in [1.82, 2.24) is 15.3 Å². The van der Waals surface area contributed by atoms with Crippen molar-refractivity contribution in [3.05, 3.63) is 86.2 Å². The predicted molar refractivity (Wildman–Crippen MR) is 104 cm³/mol. The van der Waals surface area contributed by atoms with Crippen LogP contribution in [-0.2, 0) is 6.42 Å². The Morgan fingerprint density at radius 3 is 2.64 bits per heavy atom. The van der Waals surface area contributed by atoms with Gasteiger partial charge in [0.2, 0.25) is 0 Å². The molecular formula is C20H18N4O4. The van der Waals surface area contributed by atoms with Crippen molar-refractivity contribution in [2.45, 2.75) is 18.9 Å². The molecule has 1 aliphatic rings. The largest absolute Gasteiger partial charge is 0.457 e. The van der Waals surface area contributed by atoms with Crippen LogP contribution in [-0.4, -0.2) is 15.9 Å². The number of hydrogen-bond donors (Lipinski definition) is 4. The maximum absolute atomic E-state index is 12.6. The van der Waals surface area contributed by atoms with E-state index >= 15 is 0 Å². The number of para-hydroxylation sites is 1. The molecule has 1 aromatic heterocycles. The van der Waals surface area contributed by atoms with Gasteiger partial charge in [-0.15, -0.1) is 0 Å². The Bertz CT molecular complexity index is 1150. The van der Waals surface area contributed by atoms with Crippen molar-refractivity contribution in [3.63, 3.8) is 0 Å². The van der Waals surface area contributed by atoms with Crippen LogP contribution >= 0.6 is 0 Å². The van der Waals surface area contributed by atoms with Gasteiger partial charge in [0, 0.05) is 5.56 Å². The SMILES string of the molecule is Nc1c(C(=O)N[C@@H]2CCc3c(Oc4ccccc4)cccc32)[nH]c(=O)[nH]c1=O. The van der Waals surface area contributed by atoms with E-state index in [-0.39, 0.29) is 17.4 Å². The minimum absolute atomic E-state index is 0.237. The van der Waals surface area contributed by atoms with E-state index < -0.39 is 17.2 Å². The number of hydrogen-bond acceptors (Lipinski definition) is 5. The summed E-state index contributed by atoms with van der Waals surface area (Å²) in [5.41, 5.74) is 5.46. The van der Waals surface area contributed by atoms with Crippen molar-refractivity contribution in [3.8, 4) is 11.5 Å². The Morgan fingerprint density at radius 1 is 1.07 bits per heavy atom. The van der Waals surface area contributed by atoms with Gasteiger partial charge in [-0.05, 0) is 36.6 Å². The molecule has 8 nitrogen and oxygen atoms in total. The lowest BCUT2D eigenvalue weighted by Crippen LogP contribution is -2.34. The van der Waals surface area contributed by atoms with Crippen LogP contribution in [0.4, 0.5) is 5.69 Å². The van der Waals surface area contributed by atoms with Gasteiger partial charge in [0.1, 0.15) is 22.9 Å². The number of carbonyl (C=O) groups is 1.